The van der Waals surface area contributed by atoms with Crippen LogP contribution in [0.1, 0.15) is 34.7 Å². The molecule has 2 aliphatic rings. The lowest BCUT2D eigenvalue weighted by atomic mass is 9.98. The minimum Gasteiger partial charge on any atom is -0.466 e. The highest BCUT2D eigenvalue weighted by Gasteiger charge is 2.42. The first-order chi connectivity index (χ1) is 8.56. The Hall–Kier alpha value is -1.29. The van der Waals surface area contributed by atoms with E-state index in [9.17, 15) is 4.79 Å². The van der Waals surface area contributed by atoms with Crippen LogP contribution in [0.15, 0.2) is 10.5 Å². The average molecular weight is 248 g/mol. The molecule has 0 aromatic carbocycles. The zero-order valence-corrected chi connectivity index (χ0v) is 11.0. The van der Waals surface area contributed by atoms with Gasteiger partial charge in [0.25, 0.3) is 5.91 Å². The number of rotatable bonds is 1. The Bertz CT molecular complexity index is 480. The molecule has 1 saturated carbocycles. The molecule has 3 rings (SSSR count). The van der Waals surface area contributed by atoms with Crippen molar-refractivity contribution in [3.63, 3.8) is 0 Å². The molecule has 2 N–H and O–H groups in total. The molecule has 0 bridgehead atoms. The third kappa shape index (κ3) is 1.75. The Balaban J connectivity index is 1.77. The first kappa shape index (κ1) is 11.8. The normalized spacial score (nSPS) is 30.8. The highest BCUT2D eigenvalue weighted by molar-refractivity contribution is 5.95. The fourth-order valence-corrected chi connectivity index (χ4v) is 3.49. The number of aryl methyl sites for hydroxylation is 2. The molecule has 0 spiro atoms. The van der Waals surface area contributed by atoms with E-state index < -0.39 is 0 Å². The molecule has 0 unspecified atom stereocenters. The summed E-state index contributed by atoms with van der Waals surface area (Å²) >= 11 is 0. The molecule has 98 valence electrons. The second-order valence-electron chi connectivity index (χ2n) is 5.70. The molecule has 0 radical (unpaired) electrons. The van der Waals surface area contributed by atoms with Gasteiger partial charge < -0.3 is 15.1 Å². The van der Waals surface area contributed by atoms with Crippen LogP contribution in [-0.4, -0.2) is 29.9 Å². The van der Waals surface area contributed by atoms with Crippen molar-refractivity contribution >= 4 is 5.91 Å². The summed E-state index contributed by atoms with van der Waals surface area (Å²) in [5.74, 6) is 2.73. The van der Waals surface area contributed by atoms with Crippen molar-refractivity contribution in [1.29, 1.82) is 0 Å². The summed E-state index contributed by atoms with van der Waals surface area (Å²) in [6.45, 7) is 5.40. The van der Waals surface area contributed by atoms with Gasteiger partial charge in [-0.15, -0.1) is 0 Å². The van der Waals surface area contributed by atoms with E-state index in [1.165, 1.54) is 6.42 Å². The van der Waals surface area contributed by atoms with Gasteiger partial charge in [-0.1, -0.05) is 0 Å². The molecular weight excluding hydrogens is 228 g/mol. The number of carbonyl (C=O) groups is 1. The second kappa shape index (κ2) is 4.12. The summed E-state index contributed by atoms with van der Waals surface area (Å²) in [4.78, 5) is 14.4. The third-order valence-corrected chi connectivity index (χ3v) is 4.47. The largest absolute Gasteiger partial charge is 0.466 e. The lowest BCUT2D eigenvalue weighted by Crippen LogP contribution is -2.33. The van der Waals surface area contributed by atoms with Gasteiger partial charge in [0.05, 0.1) is 5.56 Å². The van der Waals surface area contributed by atoms with Gasteiger partial charge in [-0.3, -0.25) is 4.79 Å². The van der Waals surface area contributed by atoms with Gasteiger partial charge in [0.1, 0.15) is 11.5 Å². The van der Waals surface area contributed by atoms with Crippen LogP contribution in [0.25, 0.3) is 0 Å². The number of amides is 1. The molecule has 1 amide bonds. The average Bonchev–Trinajstić information content (AvgIpc) is 2.96. The van der Waals surface area contributed by atoms with E-state index in [-0.39, 0.29) is 11.9 Å². The first-order valence-corrected chi connectivity index (χ1v) is 6.68. The summed E-state index contributed by atoms with van der Waals surface area (Å²) in [5, 5.41) is 0. The summed E-state index contributed by atoms with van der Waals surface area (Å²) < 4.78 is 5.44. The van der Waals surface area contributed by atoms with E-state index in [0.717, 1.165) is 31.0 Å². The molecule has 1 aromatic heterocycles. The van der Waals surface area contributed by atoms with Crippen LogP contribution in [-0.2, 0) is 0 Å². The van der Waals surface area contributed by atoms with Gasteiger partial charge >= 0.3 is 0 Å². The van der Waals surface area contributed by atoms with Crippen LogP contribution in [0.5, 0.6) is 0 Å². The fraction of sp³-hybridized carbons (Fsp3) is 0.643. The highest BCUT2D eigenvalue weighted by Crippen LogP contribution is 2.37. The van der Waals surface area contributed by atoms with Crippen molar-refractivity contribution in [3.05, 3.63) is 23.2 Å². The zero-order chi connectivity index (χ0) is 12.9. The molecule has 1 saturated heterocycles. The number of hydrogen-bond acceptors (Lipinski definition) is 3. The maximum absolute atomic E-state index is 12.4. The fourth-order valence-electron chi connectivity index (χ4n) is 3.49. The summed E-state index contributed by atoms with van der Waals surface area (Å²) in [7, 11) is 0. The van der Waals surface area contributed by atoms with Crippen molar-refractivity contribution in [2.45, 2.75) is 32.7 Å². The van der Waals surface area contributed by atoms with Crippen LogP contribution < -0.4 is 5.73 Å². The summed E-state index contributed by atoms with van der Waals surface area (Å²) in [6, 6.07) is 2.12. The molecule has 1 aliphatic carbocycles. The van der Waals surface area contributed by atoms with Crippen LogP contribution in [0.4, 0.5) is 0 Å². The molecular formula is C14H20N2O2. The van der Waals surface area contributed by atoms with E-state index in [2.05, 4.69) is 0 Å². The minimum atomic E-state index is 0.103. The Morgan fingerprint density at radius 3 is 2.78 bits per heavy atom. The Morgan fingerprint density at radius 1 is 1.39 bits per heavy atom. The van der Waals surface area contributed by atoms with E-state index in [1.807, 2.05) is 24.8 Å². The molecule has 18 heavy (non-hydrogen) atoms. The van der Waals surface area contributed by atoms with Gasteiger partial charge in [0.15, 0.2) is 0 Å². The maximum atomic E-state index is 12.4. The van der Waals surface area contributed by atoms with Gasteiger partial charge in [-0.05, 0) is 44.6 Å². The van der Waals surface area contributed by atoms with Crippen molar-refractivity contribution in [2.75, 3.05) is 13.1 Å². The Labute approximate surface area is 107 Å². The number of nitrogens with zero attached hydrogens (tertiary/aromatic N) is 1. The minimum absolute atomic E-state index is 0.103. The highest BCUT2D eigenvalue weighted by atomic mass is 16.3. The van der Waals surface area contributed by atoms with Crippen molar-refractivity contribution < 1.29 is 9.21 Å². The molecule has 4 nitrogen and oxygen atoms in total. The molecule has 4 heteroatoms. The van der Waals surface area contributed by atoms with Gasteiger partial charge in [0.2, 0.25) is 0 Å². The molecule has 2 heterocycles. The van der Waals surface area contributed by atoms with Gasteiger partial charge in [-0.2, -0.15) is 0 Å². The lowest BCUT2D eigenvalue weighted by molar-refractivity contribution is 0.0778. The van der Waals surface area contributed by atoms with Crippen LogP contribution in [0.2, 0.25) is 0 Å². The molecule has 2 fully saturated rings. The Kier molecular flexibility index (Phi) is 2.70. The van der Waals surface area contributed by atoms with Crippen molar-refractivity contribution in [3.8, 4) is 0 Å². The molecule has 1 aliphatic heterocycles. The van der Waals surface area contributed by atoms with E-state index in [4.69, 9.17) is 10.2 Å². The lowest BCUT2D eigenvalue weighted by Gasteiger charge is -2.18. The quantitative estimate of drug-likeness (QED) is 0.823. The SMILES string of the molecule is Cc1cc(C(=O)N2C[C@@H]3CC[C@@H](N)[C@H]3C2)c(C)o1. The number of carbonyl (C=O) groups excluding carboxylic acids is 1. The predicted molar refractivity (Wildman–Crippen MR) is 68.3 cm³/mol. The number of furan rings is 1. The number of nitrogens with two attached hydrogens (primary N) is 1. The first-order valence-electron chi connectivity index (χ1n) is 6.68. The van der Waals surface area contributed by atoms with E-state index >= 15 is 0 Å². The maximum Gasteiger partial charge on any atom is 0.257 e. The van der Waals surface area contributed by atoms with Crippen molar-refractivity contribution in [1.82, 2.24) is 4.90 Å². The van der Waals surface area contributed by atoms with Gasteiger partial charge in [-0.25, -0.2) is 0 Å². The van der Waals surface area contributed by atoms with Gasteiger partial charge in [0, 0.05) is 19.1 Å². The smallest absolute Gasteiger partial charge is 0.257 e. The van der Waals surface area contributed by atoms with Crippen LogP contribution in [0.3, 0.4) is 0 Å². The Morgan fingerprint density at radius 2 is 2.17 bits per heavy atom. The number of hydrogen-bond donors (Lipinski definition) is 1. The van der Waals surface area contributed by atoms with E-state index in [1.54, 1.807) is 0 Å². The van der Waals surface area contributed by atoms with Crippen molar-refractivity contribution in [2.24, 2.45) is 17.6 Å². The third-order valence-electron chi connectivity index (χ3n) is 4.47. The second-order valence-corrected chi connectivity index (χ2v) is 5.70. The zero-order valence-electron chi connectivity index (χ0n) is 11.0. The monoisotopic (exact) mass is 248 g/mol. The molecule has 3 atom stereocenters. The standard InChI is InChI=1S/C14H20N2O2/c1-8-5-11(9(2)18-8)14(17)16-6-10-3-4-13(15)12(10)7-16/h5,10,12-13H,3-4,6-7,15H2,1-2H3/t10-,12-,13+/m0/s1. The number of fused-ring (bicyclic) bond motifs is 1. The van der Waals surface area contributed by atoms with E-state index in [0.29, 0.717) is 17.4 Å². The topological polar surface area (TPSA) is 59.5 Å². The summed E-state index contributed by atoms with van der Waals surface area (Å²) in [6.07, 6.45) is 2.28. The summed E-state index contributed by atoms with van der Waals surface area (Å²) in [5.41, 5.74) is 6.81. The van der Waals surface area contributed by atoms with Crippen LogP contribution >= 0.6 is 0 Å². The van der Waals surface area contributed by atoms with Crippen LogP contribution in [0, 0.1) is 25.7 Å². The predicted octanol–water partition coefficient (Wildman–Crippen LogP) is 1.71. The number of likely N-dealkylation sites (tertiary alicyclic amines) is 1. The molecule has 1 aromatic rings.